The smallest absolute Gasteiger partial charge is 0.238 e. The third-order valence-corrected chi connectivity index (χ3v) is 6.31. The number of nitrogens with one attached hydrogen (secondary N) is 1. The number of halogens is 2. The van der Waals surface area contributed by atoms with E-state index in [4.69, 9.17) is 0 Å². The van der Waals surface area contributed by atoms with Gasteiger partial charge in [0.05, 0.1) is 12.2 Å². The largest absolute Gasteiger partial charge is 0.340 e. The van der Waals surface area contributed by atoms with Crippen LogP contribution in [0.3, 0.4) is 0 Å². The Morgan fingerprint density at radius 1 is 1.00 bits per heavy atom. The van der Waals surface area contributed by atoms with Crippen LogP contribution in [0.5, 0.6) is 0 Å². The minimum Gasteiger partial charge on any atom is -0.340 e. The molecule has 10 heteroatoms. The molecule has 0 atom stereocenters. The number of anilines is 1. The van der Waals surface area contributed by atoms with Gasteiger partial charge < -0.3 is 10.2 Å². The molecule has 0 bridgehead atoms. The fourth-order valence-electron chi connectivity index (χ4n) is 3.42. The molecule has 0 aliphatic carbocycles. The third-order valence-electron chi connectivity index (χ3n) is 5.11. The van der Waals surface area contributed by atoms with Crippen LogP contribution in [0.25, 0.3) is 6.08 Å². The Bertz CT molecular complexity index is 1120. The lowest BCUT2D eigenvalue weighted by molar-refractivity contribution is -0.128. The molecule has 1 aliphatic rings. The van der Waals surface area contributed by atoms with Gasteiger partial charge in [0.1, 0.15) is 17.4 Å². The number of carbonyl (C=O) groups is 2. The summed E-state index contributed by atoms with van der Waals surface area (Å²) in [5, 5.41) is 3.45. The van der Waals surface area contributed by atoms with Gasteiger partial charge in [-0.25, -0.2) is 17.2 Å². The molecule has 1 fully saturated rings. The lowest BCUT2D eigenvalue weighted by Gasteiger charge is -2.21. The van der Waals surface area contributed by atoms with Gasteiger partial charge in [-0.15, -0.1) is 0 Å². The molecular formula is C23H25F2N3O4S. The van der Waals surface area contributed by atoms with E-state index in [1.807, 2.05) is 6.07 Å². The van der Waals surface area contributed by atoms with Crippen LogP contribution >= 0.6 is 0 Å². The first-order chi connectivity index (χ1) is 15.7. The van der Waals surface area contributed by atoms with E-state index in [2.05, 4.69) is 5.32 Å². The second-order valence-corrected chi connectivity index (χ2v) is 9.59. The van der Waals surface area contributed by atoms with Crippen molar-refractivity contribution in [3.63, 3.8) is 0 Å². The zero-order valence-electron chi connectivity index (χ0n) is 17.9. The van der Waals surface area contributed by atoms with Crippen LogP contribution in [0.15, 0.2) is 53.9 Å². The molecule has 0 spiro atoms. The van der Waals surface area contributed by atoms with Crippen molar-refractivity contribution in [1.29, 1.82) is 0 Å². The molecule has 2 amide bonds. The van der Waals surface area contributed by atoms with Crippen molar-refractivity contribution in [3.8, 4) is 0 Å². The van der Waals surface area contributed by atoms with Crippen LogP contribution in [0, 0.1) is 11.6 Å². The summed E-state index contributed by atoms with van der Waals surface area (Å²) in [7, 11) is -3.73. The van der Waals surface area contributed by atoms with E-state index in [0.29, 0.717) is 32.1 Å². The van der Waals surface area contributed by atoms with E-state index in [1.54, 1.807) is 29.2 Å². The summed E-state index contributed by atoms with van der Waals surface area (Å²) in [5.74, 6) is -3.18. The quantitative estimate of drug-likeness (QED) is 0.662. The SMILES string of the molecule is O=C(CN1CCCN(C(=O)CS(=O)(=O)C=Cc2ccccc2)CC1)Nc1ccc(F)cc1F. The molecular weight excluding hydrogens is 452 g/mol. The molecule has 3 rings (SSSR count). The first-order valence-corrected chi connectivity index (χ1v) is 12.1. The number of nitrogens with zero attached hydrogens (tertiary/aromatic N) is 2. The van der Waals surface area contributed by atoms with Crippen LogP contribution in [-0.4, -0.2) is 68.5 Å². The van der Waals surface area contributed by atoms with E-state index in [-0.39, 0.29) is 18.8 Å². The Labute approximate surface area is 191 Å². The second kappa shape index (κ2) is 11.2. The van der Waals surface area contributed by atoms with E-state index >= 15 is 0 Å². The van der Waals surface area contributed by atoms with Gasteiger partial charge in [-0.1, -0.05) is 30.3 Å². The minimum atomic E-state index is -3.73. The van der Waals surface area contributed by atoms with Crippen molar-refractivity contribution in [2.45, 2.75) is 6.42 Å². The first kappa shape index (κ1) is 24.5. The zero-order valence-corrected chi connectivity index (χ0v) is 18.7. The predicted molar refractivity (Wildman–Crippen MR) is 122 cm³/mol. The summed E-state index contributed by atoms with van der Waals surface area (Å²) in [6.07, 6.45) is 2.01. The monoisotopic (exact) mass is 477 g/mol. The molecule has 2 aromatic rings. The fourth-order valence-corrected chi connectivity index (χ4v) is 4.41. The maximum Gasteiger partial charge on any atom is 0.238 e. The molecule has 0 aromatic heterocycles. The summed E-state index contributed by atoms with van der Waals surface area (Å²) in [5.41, 5.74) is 0.611. The molecule has 7 nitrogen and oxygen atoms in total. The van der Waals surface area contributed by atoms with Crippen LogP contribution < -0.4 is 5.32 Å². The normalized spacial score (nSPS) is 15.4. The molecule has 1 aliphatic heterocycles. The molecule has 2 aromatic carbocycles. The van der Waals surface area contributed by atoms with Gasteiger partial charge in [-0.05, 0) is 30.2 Å². The summed E-state index contributed by atoms with van der Waals surface area (Å²) < 4.78 is 51.4. The highest BCUT2D eigenvalue weighted by Crippen LogP contribution is 2.15. The fraction of sp³-hybridized carbons (Fsp3) is 0.304. The maximum atomic E-state index is 13.7. The number of rotatable bonds is 7. The molecule has 1 N–H and O–H groups in total. The van der Waals surface area contributed by atoms with Crippen LogP contribution in [0.1, 0.15) is 12.0 Å². The molecule has 176 valence electrons. The average Bonchev–Trinajstić information content (AvgIpc) is 3.00. The van der Waals surface area contributed by atoms with Gasteiger partial charge in [-0.3, -0.25) is 14.5 Å². The van der Waals surface area contributed by atoms with Gasteiger partial charge >= 0.3 is 0 Å². The predicted octanol–water partition coefficient (Wildman–Crippen LogP) is 2.52. The van der Waals surface area contributed by atoms with Crippen molar-refractivity contribution in [2.24, 2.45) is 0 Å². The van der Waals surface area contributed by atoms with E-state index in [1.165, 1.54) is 11.0 Å². The van der Waals surface area contributed by atoms with Gasteiger partial charge in [-0.2, -0.15) is 0 Å². The number of hydrogen-bond acceptors (Lipinski definition) is 5. The van der Waals surface area contributed by atoms with Crippen molar-refractivity contribution >= 4 is 33.4 Å². The Balaban J connectivity index is 1.50. The van der Waals surface area contributed by atoms with Crippen molar-refractivity contribution in [2.75, 3.05) is 43.8 Å². The van der Waals surface area contributed by atoms with Crippen molar-refractivity contribution in [3.05, 3.63) is 71.1 Å². The minimum absolute atomic E-state index is 0.0308. The standard InChI is InChI=1S/C23H25F2N3O4S/c24-19-7-8-21(20(25)15-19)26-22(29)16-27-10-4-11-28(13-12-27)23(30)17-33(31,32)14-9-18-5-2-1-3-6-18/h1-3,5-9,14-15H,4,10-13,16-17H2,(H,26,29). The highest BCUT2D eigenvalue weighted by Gasteiger charge is 2.24. The van der Waals surface area contributed by atoms with Gasteiger partial charge in [0.25, 0.3) is 0 Å². The van der Waals surface area contributed by atoms with Gasteiger partial charge in [0.15, 0.2) is 9.84 Å². The highest BCUT2D eigenvalue weighted by atomic mass is 32.2. The Kier molecular flexibility index (Phi) is 8.29. The Hall–Kier alpha value is -3.11. The van der Waals surface area contributed by atoms with Crippen LogP contribution in [0.4, 0.5) is 14.5 Å². The summed E-state index contributed by atoms with van der Waals surface area (Å²) >= 11 is 0. The highest BCUT2D eigenvalue weighted by molar-refractivity contribution is 7.95. The van der Waals surface area contributed by atoms with E-state index in [0.717, 1.165) is 23.1 Å². The maximum absolute atomic E-state index is 13.7. The average molecular weight is 478 g/mol. The Morgan fingerprint density at radius 3 is 2.48 bits per heavy atom. The number of sulfone groups is 1. The van der Waals surface area contributed by atoms with E-state index < -0.39 is 39.0 Å². The molecule has 0 radical (unpaired) electrons. The molecule has 33 heavy (non-hydrogen) atoms. The van der Waals surface area contributed by atoms with E-state index in [9.17, 15) is 26.8 Å². The number of hydrogen-bond donors (Lipinski definition) is 1. The zero-order chi connectivity index (χ0) is 23.8. The van der Waals surface area contributed by atoms with Crippen LogP contribution in [0.2, 0.25) is 0 Å². The lowest BCUT2D eigenvalue weighted by Crippen LogP contribution is -2.39. The number of benzene rings is 2. The van der Waals surface area contributed by atoms with Gasteiger partial charge in [0, 0.05) is 37.7 Å². The van der Waals surface area contributed by atoms with Crippen LogP contribution in [-0.2, 0) is 19.4 Å². The summed E-state index contributed by atoms with van der Waals surface area (Å²) in [6, 6.07) is 11.8. The Morgan fingerprint density at radius 2 is 1.76 bits per heavy atom. The lowest BCUT2D eigenvalue weighted by atomic mass is 10.2. The topological polar surface area (TPSA) is 86.8 Å². The number of carbonyl (C=O) groups excluding carboxylic acids is 2. The summed E-state index contributed by atoms with van der Waals surface area (Å²) in [4.78, 5) is 28.1. The second-order valence-electron chi connectivity index (χ2n) is 7.70. The molecule has 0 saturated carbocycles. The molecule has 1 heterocycles. The summed E-state index contributed by atoms with van der Waals surface area (Å²) in [6.45, 7) is 1.50. The van der Waals surface area contributed by atoms with Gasteiger partial charge in [0.2, 0.25) is 11.8 Å². The third kappa shape index (κ3) is 7.76. The van der Waals surface area contributed by atoms with Crippen molar-refractivity contribution in [1.82, 2.24) is 9.80 Å². The molecule has 0 unspecified atom stereocenters. The molecule has 1 saturated heterocycles. The first-order valence-electron chi connectivity index (χ1n) is 10.4. The number of amides is 2. The van der Waals surface area contributed by atoms with Crippen molar-refractivity contribution < 1.29 is 26.8 Å².